The Kier molecular flexibility index (Phi) is 8.66. The van der Waals surface area contributed by atoms with Gasteiger partial charge in [-0.05, 0) is 36.3 Å². The number of hydrogen-bond donors (Lipinski definition) is 3. The zero-order valence-electron chi connectivity index (χ0n) is 12.8. The summed E-state index contributed by atoms with van der Waals surface area (Å²) in [5, 5.41) is 9.20. The summed E-state index contributed by atoms with van der Waals surface area (Å²) in [6.45, 7) is 3.82. The van der Waals surface area contributed by atoms with Crippen LogP contribution in [-0.4, -0.2) is 21.0 Å². The van der Waals surface area contributed by atoms with Crippen LogP contribution in [0.5, 0.6) is 0 Å². The van der Waals surface area contributed by atoms with Gasteiger partial charge in [0.05, 0.1) is 10.7 Å². The first kappa shape index (κ1) is 21.9. The average molecular weight is 452 g/mol. The molecule has 10 heteroatoms. The van der Waals surface area contributed by atoms with E-state index < -0.39 is 9.96 Å². The SMILES string of the molecule is CC(C)CC(=O)N[C@H](NC(=S)Nc1ccc(Cl)cc1Cl)C(Cl)(Cl)Cl. The minimum Gasteiger partial charge on any atom is -0.339 e. The standard InChI is InChI=1S/C14H16Cl5N3OS/c1-7(2)5-11(23)21-12(14(17,18)19)22-13(24)20-10-4-3-8(15)6-9(10)16/h3-4,6-7,12H,5H2,1-2H3,(H,21,23)(H2,20,22,24)/t12-/m1/s1. The van der Waals surface area contributed by atoms with Crippen LogP contribution in [0.25, 0.3) is 0 Å². The quantitative estimate of drug-likeness (QED) is 0.330. The molecule has 1 aromatic carbocycles. The van der Waals surface area contributed by atoms with E-state index in [1.54, 1.807) is 18.2 Å². The summed E-state index contributed by atoms with van der Waals surface area (Å²) in [4.78, 5) is 11.9. The monoisotopic (exact) mass is 449 g/mol. The van der Waals surface area contributed by atoms with Crippen molar-refractivity contribution in [2.24, 2.45) is 5.92 Å². The van der Waals surface area contributed by atoms with Gasteiger partial charge < -0.3 is 16.0 Å². The van der Waals surface area contributed by atoms with Gasteiger partial charge in [0.25, 0.3) is 0 Å². The molecular weight excluding hydrogens is 436 g/mol. The van der Waals surface area contributed by atoms with Crippen LogP contribution in [0.4, 0.5) is 5.69 Å². The van der Waals surface area contributed by atoms with Crippen molar-refractivity contribution in [1.82, 2.24) is 10.6 Å². The van der Waals surface area contributed by atoms with Gasteiger partial charge in [-0.3, -0.25) is 4.79 Å². The first-order chi connectivity index (χ1) is 11.0. The van der Waals surface area contributed by atoms with Crippen molar-refractivity contribution in [3.05, 3.63) is 28.2 Å². The number of rotatable bonds is 5. The van der Waals surface area contributed by atoms with Crippen LogP contribution < -0.4 is 16.0 Å². The second-order valence-electron chi connectivity index (χ2n) is 5.36. The number of thiocarbonyl (C=S) groups is 1. The number of carbonyl (C=O) groups is 1. The molecule has 0 aromatic heterocycles. The summed E-state index contributed by atoms with van der Waals surface area (Å²) >= 11 is 34.8. The first-order valence-electron chi connectivity index (χ1n) is 6.87. The fourth-order valence-electron chi connectivity index (χ4n) is 1.67. The van der Waals surface area contributed by atoms with Crippen molar-refractivity contribution in [1.29, 1.82) is 0 Å². The molecule has 1 atom stereocenters. The Morgan fingerprint density at radius 1 is 1.21 bits per heavy atom. The van der Waals surface area contributed by atoms with Crippen LogP contribution >= 0.6 is 70.2 Å². The van der Waals surface area contributed by atoms with Crippen molar-refractivity contribution in [3.8, 4) is 0 Å². The Morgan fingerprint density at radius 3 is 2.33 bits per heavy atom. The number of amides is 1. The van der Waals surface area contributed by atoms with E-state index >= 15 is 0 Å². The molecule has 0 aliphatic heterocycles. The molecule has 3 N–H and O–H groups in total. The fraction of sp³-hybridized carbons (Fsp3) is 0.429. The topological polar surface area (TPSA) is 53.2 Å². The number of alkyl halides is 3. The predicted molar refractivity (Wildman–Crippen MR) is 107 cm³/mol. The van der Waals surface area contributed by atoms with E-state index in [1.165, 1.54) is 0 Å². The van der Waals surface area contributed by atoms with Gasteiger partial charge in [-0.1, -0.05) is 71.9 Å². The highest BCUT2D eigenvalue weighted by Crippen LogP contribution is 2.30. The smallest absolute Gasteiger partial charge is 0.228 e. The first-order valence-corrected chi connectivity index (χ1v) is 9.17. The minimum atomic E-state index is -1.80. The van der Waals surface area contributed by atoms with E-state index in [9.17, 15) is 4.79 Å². The second-order valence-corrected chi connectivity index (χ2v) is 8.98. The summed E-state index contributed by atoms with van der Waals surface area (Å²) in [6.07, 6.45) is -0.720. The molecule has 0 fully saturated rings. The largest absolute Gasteiger partial charge is 0.339 e. The molecule has 0 spiro atoms. The van der Waals surface area contributed by atoms with Gasteiger partial charge in [0.2, 0.25) is 9.70 Å². The van der Waals surface area contributed by atoms with E-state index in [-0.39, 0.29) is 16.9 Å². The van der Waals surface area contributed by atoms with Gasteiger partial charge in [-0.25, -0.2) is 0 Å². The summed E-state index contributed by atoms with van der Waals surface area (Å²) in [5.74, 6) is -0.0971. The molecule has 0 saturated carbocycles. The molecule has 1 aromatic rings. The molecule has 1 amide bonds. The molecule has 0 aliphatic carbocycles. The Hall–Kier alpha value is -0.170. The van der Waals surface area contributed by atoms with E-state index in [0.717, 1.165) is 0 Å². The summed E-state index contributed by atoms with van der Waals surface area (Å²) in [7, 11) is 0. The van der Waals surface area contributed by atoms with Crippen LogP contribution in [0.15, 0.2) is 18.2 Å². The molecule has 0 heterocycles. The summed E-state index contributed by atoms with van der Waals surface area (Å²) < 4.78 is -1.80. The molecule has 0 aliphatic rings. The maximum Gasteiger partial charge on any atom is 0.228 e. The van der Waals surface area contributed by atoms with Crippen LogP contribution in [0.1, 0.15) is 20.3 Å². The minimum absolute atomic E-state index is 0.125. The highest BCUT2D eigenvalue weighted by Gasteiger charge is 2.34. The molecule has 134 valence electrons. The Balaban J connectivity index is 2.75. The second kappa shape index (κ2) is 9.51. The van der Waals surface area contributed by atoms with Gasteiger partial charge in [0.15, 0.2) is 5.11 Å². The highest BCUT2D eigenvalue weighted by molar-refractivity contribution is 7.80. The van der Waals surface area contributed by atoms with Crippen LogP contribution in [0.2, 0.25) is 10.0 Å². The van der Waals surface area contributed by atoms with E-state index in [1.807, 2.05) is 13.8 Å². The molecule has 0 radical (unpaired) electrons. The Labute approximate surface area is 171 Å². The zero-order chi connectivity index (χ0) is 18.5. The molecule has 0 bridgehead atoms. The number of benzene rings is 1. The molecule has 24 heavy (non-hydrogen) atoms. The number of anilines is 1. The molecule has 0 saturated heterocycles. The van der Waals surface area contributed by atoms with E-state index in [2.05, 4.69) is 16.0 Å². The van der Waals surface area contributed by atoms with Crippen LogP contribution in [0.3, 0.4) is 0 Å². The molecule has 4 nitrogen and oxygen atoms in total. The lowest BCUT2D eigenvalue weighted by Gasteiger charge is -2.28. The van der Waals surface area contributed by atoms with Crippen molar-refractivity contribution >= 4 is 86.9 Å². The van der Waals surface area contributed by atoms with Crippen LogP contribution in [-0.2, 0) is 4.79 Å². The third-order valence-corrected chi connectivity index (χ3v) is 4.10. The maximum atomic E-state index is 11.9. The lowest BCUT2D eigenvalue weighted by Crippen LogP contribution is -2.56. The van der Waals surface area contributed by atoms with E-state index in [0.29, 0.717) is 22.2 Å². The summed E-state index contributed by atoms with van der Waals surface area (Å²) in [6, 6.07) is 4.86. The highest BCUT2D eigenvalue weighted by atomic mass is 35.6. The van der Waals surface area contributed by atoms with Crippen molar-refractivity contribution in [3.63, 3.8) is 0 Å². The third-order valence-electron chi connectivity index (χ3n) is 2.68. The van der Waals surface area contributed by atoms with Gasteiger partial charge >= 0.3 is 0 Å². The third kappa shape index (κ3) is 7.81. The Morgan fingerprint density at radius 2 is 1.83 bits per heavy atom. The molecular formula is C14H16Cl5N3OS. The normalized spacial score (nSPS) is 12.7. The maximum absolute atomic E-state index is 11.9. The number of carbonyl (C=O) groups excluding carboxylic acids is 1. The van der Waals surface area contributed by atoms with Gasteiger partial charge in [-0.2, -0.15) is 0 Å². The van der Waals surface area contributed by atoms with E-state index in [4.69, 9.17) is 70.2 Å². The van der Waals surface area contributed by atoms with Crippen molar-refractivity contribution in [2.75, 3.05) is 5.32 Å². The fourth-order valence-corrected chi connectivity index (χ4v) is 2.68. The lowest BCUT2D eigenvalue weighted by molar-refractivity contribution is -0.122. The lowest BCUT2D eigenvalue weighted by atomic mass is 10.1. The number of nitrogens with one attached hydrogen (secondary N) is 3. The zero-order valence-corrected chi connectivity index (χ0v) is 17.4. The van der Waals surface area contributed by atoms with Gasteiger partial charge in [-0.15, -0.1) is 0 Å². The van der Waals surface area contributed by atoms with Gasteiger partial charge in [0.1, 0.15) is 6.17 Å². The van der Waals surface area contributed by atoms with Crippen molar-refractivity contribution < 1.29 is 4.79 Å². The molecule has 1 rings (SSSR count). The molecule has 0 unspecified atom stereocenters. The van der Waals surface area contributed by atoms with Crippen LogP contribution in [0, 0.1) is 5.92 Å². The average Bonchev–Trinajstić information content (AvgIpc) is 2.39. The van der Waals surface area contributed by atoms with Gasteiger partial charge in [0, 0.05) is 11.4 Å². The predicted octanol–water partition coefficient (Wildman–Crippen LogP) is 5.14. The Bertz CT molecular complexity index is 607. The van der Waals surface area contributed by atoms with Crippen molar-refractivity contribution in [2.45, 2.75) is 30.2 Å². The number of hydrogen-bond acceptors (Lipinski definition) is 2. The summed E-state index contributed by atoms with van der Waals surface area (Å²) in [5.41, 5.74) is 0.523. The number of halogens is 5.